The zero-order valence-electron chi connectivity index (χ0n) is 21.2. The van der Waals surface area contributed by atoms with Crippen LogP contribution in [0.25, 0.3) is 21.9 Å². The summed E-state index contributed by atoms with van der Waals surface area (Å²) in [5.41, 5.74) is 8.25. The minimum absolute atomic E-state index is 0.0323. The molecule has 202 valence electrons. The van der Waals surface area contributed by atoms with E-state index in [1.54, 1.807) is 25.2 Å². The molecule has 1 atom stereocenters. The van der Waals surface area contributed by atoms with Gasteiger partial charge in [-0.2, -0.15) is 18.4 Å². The van der Waals surface area contributed by atoms with E-state index in [0.29, 0.717) is 35.3 Å². The molecule has 1 unspecified atom stereocenters. The summed E-state index contributed by atoms with van der Waals surface area (Å²) >= 11 is 0. The zero-order valence-corrected chi connectivity index (χ0v) is 21.2. The molecule has 1 saturated heterocycles. The lowest BCUT2D eigenvalue weighted by Crippen LogP contribution is -2.43. The zero-order chi connectivity index (χ0) is 28.1. The Hall–Kier alpha value is -4.37. The molecule has 5 rings (SSSR count). The molecule has 0 aliphatic carbocycles. The van der Waals surface area contributed by atoms with E-state index in [9.17, 15) is 28.0 Å². The maximum Gasteiger partial charge on any atom is 0.491 e. The van der Waals surface area contributed by atoms with Gasteiger partial charge in [-0.05, 0) is 37.3 Å². The average Bonchev–Trinajstić information content (AvgIpc) is 3.12. The van der Waals surface area contributed by atoms with Crippen LogP contribution < -0.4 is 21.1 Å². The van der Waals surface area contributed by atoms with E-state index in [-0.39, 0.29) is 29.1 Å². The molecule has 9 nitrogen and oxygen atoms in total. The monoisotopic (exact) mass is 538 g/mol. The molecule has 0 saturated carbocycles. The second-order valence-electron chi connectivity index (χ2n) is 9.69. The van der Waals surface area contributed by atoms with E-state index < -0.39 is 23.6 Å². The number of pyridine rings is 1. The largest absolute Gasteiger partial charge is 0.491 e. The van der Waals surface area contributed by atoms with Gasteiger partial charge in [0.05, 0.1) is 23.9 Å². The fraction of sp³-hybridized carbons (Fsp3) is 0.333. The van der Waals surface area contributed by atoms with Crippen LogP contribution in [0.1, 0.15) is 29.7 Å². The molecule has 0 spiro atoms. The molecule has 39 heavy (non-hydrogen) atoms. The normalized spacial score (nSPS) is 16.0. The molecular formula is C27H25F3N6O3. The van der Waals surface area contributed by atoms with Crippen LogP contribution in [0, 0.1) is 18.3 Å². The van der Waals surface area contributed by atoms with Gasteiger partial charge in [0.2, 0.25) is 0 Å². The number of alkyl halides is 3. The standard InChI is InChI=1S/C27H25F3N6O3/c1-15-11-20(35-10-4-7-19(32)14-35)22-24(33-15)34(2)26(38)36(22)13-18-9-8-16-5-3-6-17(12-31)21(16)23(18)39-25(37)27(28,29)30/h3,5-6,8-9,11,19H,4,7,10,13-14,32H2,1-2H3. The first kappa shape index (κ1) is 26.2. The number of nitriles is 1. The van der Waals surface area contributed by atoms with Gasteiger partial charge >= 0.3 is 17.8 Å². The highest BCUT2D eigenvalue weighted by atomic mass is 19.4. The summed E-state index contributed by atoms with van der Waals surface area (Å²) in [6, 6.07) is 11.5. The number of esters is 1. The number of aromatic nitrogens is 3. The van der Waals surface area contributed by atoms with Gasteiger partial charge in [0, 0.05) is 42.8 Å². The number of imidazole rings is 1. The molecule has 2 aromatic carbocycles. The van der Waals surface area contributed by atoms with Crippen LogP contribution in [0.4, 0.5) is 18.9 Å². The topological polar surface area (TPSA) is 119 Å². The lowest BCUT2D eigenvalue weighted by atomic mass is 10.0. The van der Waals surface area contributed by atoms with Gasteiger partial charge in [-0.1, -0.05) is 24.3 Å². The van der Waals surface area contributed by atoms with Gasteiger partial charge in [0.25, 0.3) is 0 Å². The van der Waals surface area contributed by atoms with Gasteiger partial charge < -0.3 is 15.4 Å². The van der Waals surface area contributed by atoms with Crippen LogP contribution in [-0.4, -0.2) is 45.4 Å². The Labute approximate surface area is 220 Å². The van der Waals surface area contributed by atoms with Crippen molar-refractivity contribution in [1.29, 1.82) is 5.26 Å². The summed E-state index contributed by atoms with van der Waals surface area (Å²) in [4.78, 5) is 32.1. The van der Waals surface area contributed by atoms with Crippen molar-refractivity contribution in [3.63, 3.8) is 0 Å². The molecule has 0 radical (unpaired) electrons. The number of fused-ring (bicyclic) bond motifs is 2. The Balaban J connectivity index is 1.74. The Morgan fingerprint density at radius 1 is 1.28 bits per heavy atom. The maximum atomic E-state index is 13.5. The first-order valence-electron chi connectivity index (χ1n) is 12.3. The fourth-order valence-electron chi connectivity index (χ4n) is 5.15. The number of aryl methyl sites for hydroxylation is 2. The van der Waals surface area contributed by atoms with Crippen molar-refractivity contribution in [2.24, 2.45) is 12.8 Å². The van der Waals surface area contributed by atoms with E-state index in [1.807, 2.05) is 19.1 Å². The molecule has 0 amide bonds. The molecular weight excluding hydrogens is 513 g/mol. The number of hydrogen-bond donors (Lipinski definition) is 1. The second kappa shape index (κ2) is 9.74. The quantitative estimate of drug-likeness (QED) is 0.312. The van der Waals surface area contributed by atoms with Crippen LogP contribution in [0.15, 0.2) is 41.2 Å². The second-order valence-corrected chi connectivity index (χ2v) is 9.69. The molecule has 3 heterocycles. The van der Waals surface area contributed by atoms with E-state index in [1.165, 1.54) is 21.3 Å². The number of ether oxygens (including phenoxy) is 1. The summed E-state index contributed by atoms with van der Waals surface area (Å²) in [5.74, 6) is -2.84. The van der Waals surface area contributed by atoms with Crippen molar-refractivity contribution in [3.8, 4) is 11.8 Å². The number of carbonyl (C=O) groups is 1. The molecule has 0 bridgehead atoms. The first-order valence-corrected chi connectivity index (χ1v) is 12.3. The van der Waals surface area contributed by atoms with Gasteiger partial charge in [-0.3, -0.25) is 9.13 Å². The molecule has 12 heteroatoms. The Morgan fingerprint density at radius 3 is 2.74 bits per heavy atom. The summed E-state index contributed by atoms with van der Waals surface area (Å²) in [6.07, 6.45) is -3.53. The van der Waals surface area contributed by atoms with Crippen molar-refractivity contribution in [1.82, 2.24) is 14.1 Å². The smallest absolute Gasteiger partial charge is 0.419 e. The fourth-order valence-corrected chi connectivity index (χ4v) is 5.15. The molecule has 2 aromatic heterocycles. The number of nitrogens with two attached hydrogens (primary N) is 1. The van der Waals surface area contributed by atoms with Crippen LogP contribution in [0.3, 0.4) is 0 Å². The van der Waals surface area contributed by atoms with Gasteiger partial charge in [-0.25, -0.2) is 14.6 Å². The first-order chi connectivity index (χ1) is 18.5. The van der Waals surface area contributed by atoms with Crippen LogP contribution >= 0.6 is 0 Å². The van der Waals surface area contributed by atoms with Crippen molar-refractivity contribution in [2.45, 2.75) is 38.5 Å². The number of benzene rings is 2. The maximum absolute atomic E-state index is 13.5. The van der Waals surface area contributed by atoms with Crippen molar-refractivity contribution >= 4 is 33.6 Å². The van der Waals surface area contributed by atoms with E-state index in [4.69, 9.17) is 10.5 Å². The van der Waals surface area contributed by atoms with Crippen LogP contribution in [-0.2, 0) is 18.4 Å². The van der Waals surface area contributed by atoms with Crippen molar-refractivity contribution < 1.29 is 22.7 Å². The lowest BCUT2D eigenvalue weighted by Gasteiger charge is -2.33. The minimum atomic E-state index is -5.26. The van der Waals surface area contributed by atoms with Crippen LogP contribution in [0.2, 0.25) is 0 Å². The summed E-state index contributed by atoms with van der Waals surface area (Å²) in [7, 11) is 1.57. The number of piperidine rings is 1. The average molecular weight is 539 g/mol. The Bertz CT molecular complexity index is 1720. The SMILES string of the molecule is Cc1cc(N2CCCC(N)C2)c2c(n1)n(C)c(=O)n2Cc1ccc2cccc(C#N)c2c1OC(=O)C(F)(F)F. The number of nitrogens with zero attached hydrogens (tertiary/aromatic N) is 5. The number of carbonyl (C=O) groups excluding carboxylic acids is 1. The van der Waals surface area contributed by atoms with E-state index in [0.717, 1.165) is 18.5 Å². The minimum Gasteiger partial charge on any atom is -0.419 e. The lowest BCUT2D eigenvalue weighted by molar-refractivity contribution is -0.189. The molecule has 4 aromatic rings. The number of rotatable bonds is 4. The van der Waals surface area contributed by atoms with Gasteiger partial charge in [0.15, 0.2) is 5.65 Å². The highest BCUT2D eigenvalue weighted by Gasteiger charge is 2.42. The Morgan fingerprint density at radius 2 is 2.05 bits per heavy atom. The predicted octanol–water partition coefficient (Wildman–Crippen LogP) is 3.51. The number of anilines is 1. The highest BCUT2D eigenvalue weighted by Crippen LogP contribution is 2.36. The number of hydrogen-bond acceptors (Lipinski definition) is 7. The van der Waals surface area contributed by atoms with E-state index in [2.05, 4.69) is 9.88 Å². The summed E-state index contributed by atoms with van der Waals surface area (Å²) in [5, 5.41) is 10.1. The third-order valence-corrected chi connectivity index (χ3v) is 6.94. The molecule has 1 aliphatic heterocycles. The third-order valence-electron chi connectivity index (χ3n) is 6.94. The Kier molecular flexibility index (Phi) is 6.56. The van der Waals surface area contributed by atoms with Crippen molar-refractivity contribution in [3.05, 3.63) is 63.7 Å². The summed E-state index contributed by atoms with van der Waals surface area (Å²) < 4.78 is 47.4. The van der Waals surface area contributed by atoms with Crippen LogP contribution in [0.5, 0.6) is 5.75 Å². The third kappa shape index (κ3) is 4.70. The van der Waals surface area contributed by atoms with Gasteiger partial charge in [0.1, 0.15) is 11.3 Å². The molecule has 2 N–H and O–H groups in total. The highest BCUT2D eigenvalue weighted by molar-refractivity contribution is 5.96. The summed E-state index contributed by atoms with van der Waals surface area (Å²) in [6.45, 7) is 2.86. The van der Waals surface area contributed by atoms with Crippen molar-refractivity contribution in [2.75, 3.05) is 18.0 Å². The molecule has 1 fully saturated rings. The molecule has 1 aliphatic rings. The predicted molar refractivity (Wildman–Crippen MR) is 139 cm³/mol. The van der Waals surface area contributed by atoms with E-state index >= 15 is 0 Å². The van der Waals surface area contributed by atoms with Gasteiger partial charge in [-0.15, -0.1) is 0 Å². The number of halogens is 3.